The normalized spacial score (nSPS) is 14.5. The predicted octanol–water partition coefficient (Wildman–Crippen LogP) is 5.91. The maximum Gasteiger partial charge on any atom is 0.340 e. The highest BCUT2D eigenvalue weighted by molar-refractivity contribution is 9.10. The molecule has 8 heteroatoms. The molecule has 190 valence electrons. The van der Waals surface area contributed by atoms with Gasteiger partial charge in [-0.2, -0.15) is 0 Å². The molecule has 0 spiro atoms. The minimum Gasteiger partial charge on any atom is -0.465 e. The number of carbonyl (C=O) groups excluding carboxylic acids is 3. The summed E-state index contributed by atoms with van der Waals surface area (Å²) in [6, 6.07) is 16.4. The number of aryl methyl sites for hydroxylation is 1. The smallest absolute Gasteiger partial charge is 0.340 e. The largest absolute Gasteiger partial charge is 0.465 e. The predicted molar refractivity (Wildman–Crippen MR) is 146 cm³/mol. The van der Waals surface area contributed by atoms with Crippen LogP contribution in [0.5, 0.6) is 0 Å². The van der Waals surface area contributed by atoms with Gasteiger partial charge in [-0.3, -0.25) is 9.69 Å². The summed E-state index contributed by atoms with van der Waals surface area (Å²) in [5.74, 6) is -1.31. The zero-order valence-corrected chi connectivity index (χ0v) is 22.9. The Hall–Kier alpha value is -3.91. The van der Waals surface area contributed by atoms with E-state index in [1.54, 1.807) is 32.1 Å². The summed E-state index contributed by atoms with van der Waals surface area (Å²) in [5, 5.41) is 0. The quantitative estimate of drug-likeness (QED) is 0.275. The topological polar surface area (TPSA) is 77.8 Å². The Balaban J connectivity index is 1.86. The second-order valence-electron chi connectivity index (χ2n) is 8.53. The van der Waals surface area contributed by atoms with Crippen LogP contribution in [0.25, 0.3) is 11.8 Å². The Bertz CT molecular complexity index is 1460. The first-order valence-electron chi connectivity index (χ1n) is 11.8. The molecule has 2 heterocycles. The molecule has 0 N–H and O–H groups in total. The summed E-state index contributed by atoms with van der Waals surface area (Å²) in [6.45, 7) is 7.48. The van der Waals surface area contributed by atoms with E-state index >= 15 is 0 Å². The average Bonchev–Trinajstić information content (AvgIpc) is 3.30. The number of aromatic nitrogens is 1. The zero-order valence-electron chi connectivity index (χ0n) is 21.3. The van der Waals surface area contributed by atoms with E-state index in [9.17, 15) is 14.4 Å². The van der Waals surface area contributed by atoms with Crippen LogP contribution in [0, 0.1) is 13.8 Å². The molecule has 7 nitrogen and oxygen atoms in total. The van der Waals surface area contributed by atoms with Gasteiger partial charge in [0.25, 0.3) is 5.91 Å². The fourth-order valence-electron chi connectivity index (χ4n) is 4.59. The first-order valence-corrected chi connectivity index (χ1v) is 12.6. The minimum atomic E-state index is -0.552. The van der Waals surface area contributed by atoms with Gasteiger partial charge in [-0.05, 0) is 81.8 Å². The fraction of sp³-hybridized carbons (Fsp3) is 0.207. The van der Waals surface area contributed by atoms with E-state index in [0.29, 0.717) is 22.6 Å². The minimum absolute atomic E-state index is 0.189. The highest BCUT2D eigenvalue weighted by Crippen LogP contribution is 2.37. The molecule has 0 fully saturated rings. The van der Waals surface area contributed by atoms with Crippen molar-refractivity contribution in [1.82, 2.24) is 4.57 Å². The Morgan fingerprint density at radius 2 is 1.68 bits per heavy atom. The van der Waals surface area contributed by atoms with E-state index in [1.165, 1.54) is 12.0 Å². The molecule has 0 saturated heterocycles. The summed E-state index contributed by atoms with van der Waals surface area (Å²) in [5.41, 5.74) is 5.12. The number of hydrogen-bond donors (Lipinski definition) is 0. The van der Waals surface area contributed by atoms with Gasteiger partial charge in [-0.15, -0.1) is 0 Å². The van der Waals surface area contributed by atoms with Gasteiger partial charge >= 0.3 is 11.9 Å². The molecule has 1 amide bonds. The van der Waals surface area contributed by atoms with Crippen molar-refractivity contribution < 1.29 is 23.9 Å². The van der Waals surface area contributed by atoms with Crippen LogP contribution in [0.3, 0.4) is 0 Å². The maximum absolute atomic E-state index is 13.7. The average molecular weight is 563 g/mol. The van der Waals surface area contributed by atoms with Crippen LogP contribution in [-0.4, -0.2) is 36.1 Å². The molecule has 3 aromatic rings. The van der Waals surface area contributed by atoms with Crippen molar-refractivity contribution in [2.75, 3.05) is 18.6 Å². The van der Waals surface area contributed by atoms with Crippen LogP contribution >= 0.6 is 15.9 Å². The first kappa shape index (κ1) is 26.2. The van der Waals surface area contributed by atoms with Gasteiger partial charge in [0.05, 0.1) is 36.1 Å². The standard InChI is InChI=1S/C29H27BrN2O5/c1-6-37-29(35)26-19(4)32(22-13-11-21(30)12-14-22)27(33)24(26)16-20-15-17(2)31(18(20)3)25-10-8-7-9-23(25)28(34)36-5/h7-16H,6H2,1-5H3/b24-16-. The molecule has 0 unspecified atom stereocenters. The molecular formula is C29H27BrN2O5. The van der Waals surface area contributed by atoms with Gasteiger partial charge in [0.2, 0.25) is 0 Å². The molecule has 0 aliphatic carbocycles. The van der Waals surface area contributed by atoms with Crippen molar-refractivity contribution in [2.24, 2.45) is 0 Å². The number of rotatable bonds is 6. The third-order valence-corrected chi connectivity index (χ3v) is 6.81. The van der Waals surface area contributed by atoms with Crippen LogP contribution < -0.4 is 4.90 Å². The lowest BCUT2D eigenvalue weighted by atomic mass is 10.0. The Morgan fingerprint density at radius 3 is 2.32 bits per heavy atom. The molecule has 37 heavy (non-hydrogen) atoms. The molecule has 0 bridgehead atoms. The first-order chi connectivity index (χ1) is 17.7. The van der Waals surface area contributed by atoms with Gasteiger partial charge in [0.1, 0.15) is 0 Å². The number of esters is 2. The number of benzene rings is 2. The molecule has 1 aliphatic rings. The lowest BCUT2D eigenvalue weighted by Gasteiger charge is -2.18. The monoisotopic (exact) mass is 562 g/mol. The van der Waals surface area contributed by atoms with Gasteiger partial charge in [-0.1, -0.05) is 28.1 Å². The number of allylic oxidation sites excluding steroid dienone is 1. The lowest BCUT2D eigenvalue weighted by Crippen LogP contribution is -2.24. The SMILES string of the molecule is CCOC(=O)C1=C(C)N(c2ccc(Br)cc2)C(=O)/C1=C\c1cc(C)n(-c2ccccc2C(=O)OC)c1C. The van der Waals surface area contributed by atoms with Crippen molar-refractivity contribution in [3.63, 3.8) is 0 Å². The number of para-hydroxylation sites is 1. The molecule has 0 saturated carbocycles. The Kier molecular flexibility index (Phi) is 7.50. The number of nitrogens with zero attached hydrogens (tertiary/aromatic N) is 2. The number of hydrogen-bond acceptors (Lipinski definition) is 5. The van der Waals surface area contributed by atoms with Crippen LogP contribution in [0.4, 0.5) is 5.69 Å². The van der Waals surface area contributed by atoms with Crippen molar-refractivity contribution in [3.8, 4) is 5.69 Å². The summed E-state index contributed by atoms with van der Waals surface area (Å²) in [6.07, 6.45) is 1.72. The summed E-state index contributed by atoms with van der Waals surface area (Å²) < 4.78 is 13.1. The number of amides is 1. The zero-order chi connectivity index (χ0) is 26.9. The molecule has 2 aromatic carbocycles. The van der Waals surface area contributed by atoms with E-state index in [1.807, 2.05) is 60.9 Å². The summed E-state index contributed by atoms with van der Waals surface area (Å²) in [7, 11) is 1.35. The lowest BCUT2D eigenvalue weighted by molar-refractivity contribution is -0.138. The van der Waals surface area contributed by atoms with Crippen LogP contribution in [0.15, 0.2) is 75.9 Å². The molecule has 4 rings (SSSR count). The van der Waals surface area contributed by atoms with Gasteiger partial charge in [0.15, 0.2) is 0 Å². The van der Waals surface area contributed by atoms with Crippen LogP contribution in [-0.2, 0) is 19.1 Å². The number of halogens is 1. The highest BCUT2D eigenvalue weighted by Gasteiger charge is 2.38. The Labute approximate surface area is 224 Å². The number of methoxy groups -OCH3 is 1. The van der Waals surface area contributed by atoms with Crippen molar-refractivity contribution in [2.45, 2.75) is 27.7 Å². The highest BCUT2D eigenvalue weighted by atomic mass is 79.9. The second kappa shape index (κ2) is 10.6. The third kappa shape index (κ3) is 4.76. The molecular weight excluding hydrogens is 536 g/mol. The molecule has 1 aromatic heterocycles. The van der Waals surface area contributed by atoms with Crippen molar-refractivity contribution in [1.29, 1.82) is 0 Å². The van der Waals surface area contributed by atoms with Crippen LogP contribution in [0.1, 0.15) is 41.2 Å². The molecule has 0 atom stereocenters. The van der Waals surface area contributed by atoms with E-state index < -0.39 is 11.9 Å². The third-order valence-electron chi connectivity index (χ3n) is 6.28. The Morgan fingerprint density at radius 1 is 1.00 bits per heavy atom. The van der Waals surface area contributed by atoms with Gasteiger partial charge in [-0.25, -0.2) is 9.59 Å². The van der Waals surface area contributed by atoms with Crippen molar-refractivity contribution >= 4 is 45.5 Å². The summed E-state index contributed by atoms with van der Waals surface area (Å²) in [4.78, 5) is 40.6. The van der Waals surface area contributed by atoms with Gasteiger partial charge < -0.3 is 14.0 Å². The summed E-state index contributed by atoms with van der Waals surface area (Å²) >= 11 is 3.42. The van der Waals surface area contributed by atoms with Gasteiger partial charge in [0, 0.05) is 27.2 Å². The maximum atomic E-state index is 13.7. The number of carbonyl (C=O) groups is 3. The number of anilines is 1. The van der Waals surface area contributed by atoms with E-state index in [0.717, 1.165) is 21.4 Å². The van der Waals surface area contributed by atoms with E-state index in [2.05, 4.69) is 15.9 Å². The van der Waals surface area contributed by atoms with Crippen LogP contribution in [0.2, 0.25) is 0 Å². The molecule has 1 aliphatic heterocycles. The molecule has 0 radical (unpaired) electrons. The second-order valence-corrected chi connectivity index (χ2v) is 9.44. The van der Waals surface area contributed by atoms with Crippen molar-refractivity contribution in [3.05, 3.63) is 98.4 Å². The van der Waals surface area contributed by atoms with E-state index in [4.69, 9.17) is 9.47 Å². The van der Waals surface area contributed by atoms with E-state index in [-0.39, 0.29) is 23.7 Å². The number of ether oxygens (including phenoxy) is 2. The fourth-order valence-corrected chi connectivity index (χ4v) is 4.86.